The Hall–Kier alpha value is -0.290. The average Bonchev–Trinajstić information content (AvgIpc) is 2.60. The van der Waals surface area contributed by atoms with Crippen molar-refractivity contribution in [3.63, 3.8) is 0 Å². The number of ether oxygens (including phenoxy) is 2. The van der Waals surface area contributed by atoms with Gasteiger partial charge in [-0.05, 0) is 0 Å². The van der Waals surface area contributed by atoms with Gasteiger partial charge in [0.05, 0.1) is 12.6 Å². The molecule has 2 fully saturated rings. The molecule has 0 amide bonds. The van der Waals surface area contributed by atoms with Crippen LogP contribution in [0.15, 0.2) is 0 Å². The summed E-state index contributed by atoms with van der Waals surface area (Å²) in [5, 5.41) is 68.4. The number of phosphoric ester groups is 1. The maximum absolute atomic E-state index is 11.2. The Morgan fingerprint density at radius 2 is 1.37 bits per heavy atom. The molecule has 0 unspecified atom stereocenters. The van der Waals surface area contributed by atoms with Crippen LogP contribution in [0.4, 0.5) is 0 Å². The Bertz CT molecular complexity index is 545. The van der Waals surface area contributed by atoms with Gasteiger partial charge in [-0.1, -0.05) is 0 Å². The summed E-state index contributed by atoms with van der Waals surface area (Å²) < 4.78 is 26.0. The minimum absolute atomic E-state index is 0.746. The molecule has 0 radical (unpaired) electrons. The molecule has 0 aromatic carbocycles. The van der Waals surface area contributed by atoms with Crippen molar-refractivity contribution < 1.29 is 64.1 Å². The van der Waals surface area contributed by atoms with Crippen LogP contribution in [0.3, 0.4) is 0 Å². The molecule has 11 atom stereocenters. The number of rotatable bonds is 5. The predicted octanol–water partition coefficient (Wildman–Crippen LogP) is -5.93. The molecule has 160 valence electrons. The third-order valence-electron chi connectivity index (χ3n) is 4.53. The Morgan fingerprint density at radius 1 is 0.852 bits per heavy atom. The monoisotopic (exact) mass is 421 g/mol. The lowest BCUT2D eigenvalue weighted by Gasteiger charge is -2.47. The maximum Gasteiger partial charge on any atom is 0.470 e. The van der Waals surface area contributed by atoms with Crippen LogP contribution in [0, 0.1) is 0 Å². The lowest BCUT2D eigenvalue weighted by molar-refractivity contribution is -0.315. The Kier molecular flexibility index (Phi) is 7.33. The quantitative estimate of drug-likeness (QED) is 0.186. The van der Waals surface area contributed by atoms with E-state index in [-0.39, 0.29) is 0 Å². The van der Waals surface area contributed by atoms with Crippen LogP contribution in [0.5, 0.6) is 0 Å². The van der Waals surface area contributed by atoms with E-state index < -0.39 is 81.7 Å². The van der Waals surface area contributed by atoms with Crippen LogP contribution in [0.2, 0.25) is 0 Å². The first kappa shape index (κ1) is 23.0. The Balaban J connectivity index is 2.27. The molecule has 1 heterocycles. The minimum atomic E-state index is -5.24. The second-order valence-corrected chi connectivity index (χ2v) is 7.60. The molecule has 14 nitrogen and oxygen atoms in total. The summed E-state index contributed by atoms with van der Waals surface area (Å²) in [6.07, 6.45) is -18.2. The molecule has 1 saturated carbocycles. The molecule has 2 aliphatic rings. The van der Waals surface area contributed by atoms with Crippen molar-refractivity contribution in [2.24, 2.45) is 5.73 Å². The van der Waals surface area contributed by atoms with Gasteiger partial charge in [0.1, 0.15) is 54.9 Å². The van der Waals surface area contributed by atoms with Crippen LogP contribution in [-0.4, -0.2) is 119 Å². The Morgan fingerprint density at radius 3 is 1.85 bits per heavy atom. The van der Waals surface area contributed by atoms with E-state index in [2.05, 4.69) is 4.52 Å². The van der Waals surface area contributed by atoms with Gasteiger partial charge in [-0.15, -0.1) is 0 Å². The summed E-state index contributed by atoms with van der Waals surface area (Å²) in [6.45, 7) is -0.746. The molecular formula is C12H24NO13P. The minimum Gasteiger partial charge on any atom is -0.394 e. The molecule has 0 aromatic rings. The van der Waals surface area contributed by atoms with Gasteiger partial charge in [-0.3, -0.25) is 4.52 Å². The van der Waals surface area contributed by atoms with Gasteiger partial charge in [0.15, 0.2) is 6.29 Å². The summed E-state index contributed by atoms with van der Waals surface area (Å²) >= 11 is 0. The van der Waals surface area contributed by atoms with E-state index >= 15 is 0 Å². The normalized spacial score (nSPS) is 49.2. The fourth-order valence-electron chi connectivity index (χ4n) is 3.00. The molecule has 1 saturated heterocycles. The summed E-state index contributed by atoms with van der Waals surface area (Å²) in [6, 6.07) is -1.44. The average molecular weight is 421 g/mol. The highest BCUT2D eigenvalue weighted by molar-refractivity contribution is 7.46. The lowest BCUT2D eigenvalue weighted by Crippen LogP contribution is -2.68. The first-order chi connectivity index (χ1) is 12.4. The van der Waals surface area contributed by atoms with E-state index in [1.165, 1.54) is 0 Å². The van der Waals surface area contributed by atoms with Gasteiger partial charge in [-0.25, -0.2) is 4.57 Å². The fourth-order valence-corrected chi connectivity index (χ4v) is 3.56. The van der Waals surface area contributed by atoms with Gasteiger partial charge in [0, 0.05) is 0 Å². The van der Waals surface area contributed by atoms with Gasteiger partial charge in [0.2, 0.25) is 0 Å². The number of aliphatic hydroxyl groups is 7. The van der Waals surface area contributed by atoms with Gasteiger partial charge in [0.25, 0.3) is 0 Å². The van der Waals surface area contributed by atoms with Crippen LogP contribution < -0.4 is 5.73 Å². The van der Waals surface area contributed by atoms with Gasteiger partial charge >= 0.3 is 7.82 Å². The number of nitrogens with two attached hydrogens (primary N) is 1. The van der Waals surface area contributed by atoms with E-state index in [0.29, 0.717) is 0 Å². The van der Waals surface area contributed by atoms with Crippen molar-refractivity contribution in [3.05, 3.63) is 0 Å². The first-order valence-corrected chi connectivity index (χ1v) is 9.41. The van der Waals surface area contributed by atoms with Crippen LogP contribution in [-0.2, 0) is 18.6 Å². The van der Waals surface area contributed by atoms with Crippen molar-refractivity contribution in [1.82, 2.24) is 0 Å². The Labute approximate surface area is 152 Å². The van der Waals surface area contributed by atoms with Crippen molar-refractivity contribution in [2.45, 2.75) is 67.3 Å². The number of phosphoric acid groups is 1. The maximum atomic E-state index is 11.2. The van der Waals surface area contributed by atoms with E-state index in [4.69, 9.17) is 25.0 Å². The van der Waals surface area contributed by atoms with E-state index in [0.717, 1.165) is 0 Å². The molecule has 0 spiro atoms. The number of aliphatic hydroxyl groups excluding tert-OH is 7. The largest absolute Gasteiger partial charge is 0.470 e. The van der Waals surface area contributed by atoms with Crippen molar-refractivity contribution in [2.75, 3.05) is 6.61 Å². The predicted molar refractivity (Wildman–Crippen MR) is 81.6 cm³/mol. The second-order valence-electron chi connectivity index (χ2n) is 6.41. The highest BCUT2D eigenvalue weighted by Crippen LogP contribution is 2.42. The molecular weight excluding hydrogens is 397 g/mol. The highest BCUT2D eigenvalue weighted by atomic mass is 31.2. The van der Waals surface area contributed by atoms with Crippen molar-refractivity contribution in [1.29, 1.82) is 0 Å². The molecule has 11 N–H and O–H groups in total. The van der Waals surface area contributed by atoms with Crippen LogP contribution >= 0.6 is 7.82 Å². The van der Waals surface area contributed by atoms with Crippen molar-refractivity contribution >= 4 is 7.82 Å². The van der Waals surface area contributed by atoms with Gasteiger partial charge < -0.3 is 60.7 Å². The SMILES string of the molecule is N[C@H]1[C@@H](O[C@H]2[C@H](O)[C@@H](O)[C@H](O)[C@H](O)[C@@H]2OP(=O)(O)O)O[C@H](CO)[C@@H](O)[C@@H]1O. The van der Waals surface area contributed by atoms with E-state index in [9.17, 15) is 40.3 Å². The third-order valence-corrected chi connectivity index (χ3v) is 5.04. The van der Waals surface area contributed by atoms with E-state index in [1.807, 2.05) is 0 Å². The summed E-state index contributed by atoms with van der Waals surface area (Å²) in [7, 11) is -5.24. The molecule has 1 aliphatic heterocycles. The van der Waals surface area contributed by atoms with Gasteiger partial charge in [-0.2, -0.15) is 0 Å². The van der Waals surface area contributed by atoms with Crippen LogP contribution in [0.1, 0.15) is 0 Å². The number of hydrogen-bond acceptors (Lipinski definition) is 12. The lowest BCUT2D eigenvalue weighted by atomic mass is 9.84. The number of hydrogen-bond donors (Lipinski definition) is 10. The zero-order chi connectivity index (χ0) is 20.7. The first-order valence-electron chi connectivity index (χ1n) is 7.88. The summed E-state index contributed by atoms with van der Waals surface area (Å²) in [5.74, 6) is 0. The van der Waals surface area contributed by atoms with Crippen molar-refractivity contribution in [3.8, 4) is 0 Å². The standard InChI is InChI=1S/C12H24NO13P/c13-3-5(16)4(15)2(1-14)24-12(3)25-10-8(19)6(17)7(18)9(20)11(10)26-27(21,22)23/h2-12,14-20H,1,13H2,(H2,21,22,23)/t2-,3-,4-,5-,6+,7+,8-,9+,10+,11+,12-/m1/s1. The molecule has 0 bridgehead atoms. The molecule has 2 rings (SSSR count). The molecule has 15 heteroatoms. The zero-order valence-corrected chi connectivity index (χ0v) is 14.6. The fraction of sp³-hybridized carbons (Fsp3) is 1.00. The van der Waals surface area contributed by atoms with E-state index in [1.54, 1.807) is 0 Å². The third kappa shape index (κ3) is 4.83. The molecule has 0 aromatic heterocycles. The zero-order valence-electron chi connectivity index (χ0n) is 13.7. The smallest absolute Gasteiger partial charge is 0.394 e. The molecule has 1 aliphatic carbocycles. The highest BCUT2D eigenvalue weighted by Gasteiger charge is 2.54. The second kappa shape index (κ2) is 8.61. The summed E-state index contributed by atoms with van der Waals surface area (Å²) in [4.78, 5) is 18.0. The topological polar surface area (TPSA) is 253 Å². The molecule has 27 heavy (non-hydrogen) atoms. The van der Waals surface area contributed by atoms with Crippen LogP contribution in [0.25, 0.3) is 0 Å². The summed E-state index contributed by atoms with van der Waals surface area (Å²) in [5.41, 5.74) is 5.67.